The minimum Gasteiger partial charge on any atom is -0.496 e. The van der Waals surface area contributed by atoms with E-state index in [4.69, 9.17) is 4.74 Å². The summed E-state index contributed by atoms with van der Waals surface area (Å²) in [5.74, 6) is 0.346. The predicted molar refractivity (Wildman–Crippen MR) is 90.7 cm³/mol. The molecule has 1 heterocycles. The molecule has 2 atom stereocenters. The number of hydrogen-bond donors (Lipinski definition) is 1. The normalized spacial score (nSPS) is 22.2. The van der Waals surface area contributed by atoms with Crippen LogP contribution in [0.5, 0.6) is 5.75 Å². The molecular formula is C19H23NO3. The number of nitrogens with zero attached hydrogens (tertiary/aromatic N) is 1. The zero-order valence-corrected chi connectivity index (χ0v) is 13.7. The van der Waals surface area contributed by atoms with Crippen LogP contribution in [-0.2, 0) is 11.3 Å². The largest absolute Gasteiger partial charge is 0.496 e. The molecule has 0 saturated carbocycles. The van der Waals surface area contributed by atoms with Crippen molar-refractivity contribution >= 4 is 16.7 Å². The molecule has 0 spiro atoms. The van der Waals surface area contributed by atoms with Gasteiger partial charge in [-0.3, -0.25) is 9.69 Å². The molecule has 4 nitrogen and oxygen atoms in total. The number of piperidine rings is 1. The zero-order chi connectivity index (χ0) is 16.4. The van der Waals surface area contributed by atoms with Gasteiger partial charge >= 0.3 is 5.97 Å². The van der Waals surface area contributed by atoms with Gasteiger partial charge in [-0.2, -0.15) is 0 Å². The standard InChI is InChI=1S/C19H23NO3/c1-13-9-15(19(21)22)12-20(10-13)11-14-7-8-18(23-2)17-6-4-3-5-16(14)17/h3-8,13,15H,9-12H2,1-2H3,(H,21,22). The summed E-state index contributed by atoms with van der Waals surface area (Å²) in [7, 11) is 1.69. The SMILES string of the molecule is COc1ccc(CN2CC(C)CC(C(=O)O)C2)c2ccccc12. The average Bonchev–Trinajstić information content (AvgIpc) is 2.54. The molecule has 0 bridgehead atoms. The third-order valence-electron chi connectivity index (χ3n) is 4.67. The molecule has 23 heavy (non-hydrogen) atoms. The molecule has 0 aromatic heterocycles. The quantitative estimate of drug-likeness (QED) is 0.940. The van der Waals surface area contributed by atoms with E-state index in [0.29, 0.717) is 12.5 Å². The molecule has 1 fully saturated rings. The van der Waals surface area contributed by atoms with Crippen LogP contribution in [-0.4, -0.2) is 36.2 Å². The van der Waals surface area contributed by atoms with Gasteiger partial charge in [-0.05, 0) is 29.4 Å². The van der Waals surface area contributed by atoms with Gasteiger partial charge in [0.05, 0.1) is 13.0 Å². The van der Waals surface area contributed by atoms with E-state index in [-0.39, 0.29) is 5.92 Å². The number of fused-ring (bicyclic) bond motifs is 1. The van der Waals surface area contributed by atoms with Crippen molar-refractivity contribution in [2.24, 2.45) is 11.8 Å². The number of ether oxygens (including phenoxy) is 1. The molecule has 0 aliphatic carbocycles. The summed E-state index contributed by atoms with van der Waals surface area (Å²) in [5, 5.41) is 11.6. The van der Waals surface area contributed by atoms with Crippen LogP contribution in [0.1, 0.15) is 18.9 Å². The monoisotopic (exact) mass is 313 g/mol. The molecular weight excluding hydrogens is 290 g/mol. The first kappa shape index (κ1) is 15.8. The van der Waals surface area contributed by atoms with Crippen molar-refractivity contribution < 1.29 is 14.6 Å². The third kappa shape index (κ3) is 3.32. The average molecular weight is 313 g/mol. The molecule has 0 radical (unpaired) electrons. The van der Waals surface area contributed by atoms with Crippen molar-refractivity contribution in [2.75, 3.05) is 20.2 Å². The molecule has 0 amide bonds. The summed E-state index contributed by atoms with van der Waals surface area (Å²) in [6.45, 7) is 4.48. The Labute approximate surface area is 136 Å². The molecule has 1 aliphatic rings. The second-order valence-electron chi connectivity index (χ2n) is 6.54. The summed E-state index contributed by atoms with van der Waals surface area (Å²) in [5.41, 5.74) is 1.22. The summed E-state index contributed by atoms with van der Waals surface area (Å²) < 4.78 is 5.45. The van der Waals surface area contributed by atoms with Gasteiger partial charge in [-0.25, -0.2) is 0 Å². The fourth-order valence-electron chi connectivity index (χ4n) is 3.66. The van der Waals surface area contributed by atoms with E-state index in [1.807, 2.05) is 18.2 Å². The van der Waals surface area contributed by atoms with Crippen LogP contribution < -0.4 is 4.74 Å². The van der Waals surface area contributed by atoms with Gasteiger partial charge in [0.1, 0.15) is 5.75 Å². The van der Waals surface area contributed by atoms with Crippen molar-refractivity contribution in [3.05, 3.63) is 42.0 Å². The van der Waals surface area contributed by atoms with Crippen molar-refractivity contribution in [3.8, 4) is 5.75 Å². The highest BCUT2D eigenvalue weighted by molar-refractivity contribution is 5.91. The fourth-order valence-corrected chi connectivity index (χ4v) is 3.66. The van der Waals surface area contributed by atoms with Gasteiger partial charge in [0, 0.05) is 25.0 Å². The number of carbonyl (C=O) groups is 1. The number of methoxy groups -OCH3 is 1. The topological polar surface area (TPSA) is 49.8 Å². The summed E-state index contributed by atoms with van der Waals surface area (Å²) in [4.78, 5) is 13.6. The molecule has 4 heteroatoms. The number of benzene rings is 2. The minimum absolute atomic E-state index is 0.261. The Morgan fingerprint density at radius 1 is 1.22 bits per heavy atom. The molecule has 2 unspecified atom stereocenters. The maximum atomic E-state index is 11.4. The highest BCUT2D eigenvalue weighted by Gasteiger charge is 2.29. The van der Waals surface area contributed by atoms with E-state index >= 15 is 0 Å². The Kier molecular flexibility index (Phi) is 4.53. The second-order valence-corrected chi connectivity index (χ2v) is 6.54. The maximum absolute atomic E-state index is 11.4. The Balaban J connectivity index is 1.88. The highest BCUT2D eigenvalue weighted by Crippen LogP contribution is 2.30. The molecule has 122 valence electrons. The Bertz CT molecular complexity index is 713. The van der Waals surface area contributed by atoms with Crippen LogP contribution in [0.25, 0.3) is 10.8 Å². The van der Waals surface area contributed by atoms with Gasteiger partial charge < -0.3 is 9.84 Å². The number of aliphatic carboxylic acids is 1. The van der Waals surface area contributed by atoms with E-state index in [0.717, 1.165) is 30.6 Å². The van der Waals surface area contributed by atoms with Crippen LogP contribution >= 0.6 is 0 Å². The summed E-state index contributed by atoms with van der Waals surface area (Å²) >= 11 is 0. The van der Waals surface area contributed by atoms with Gasteiger partial charge in [0.2, 0.25) is 0 Å². The van der Waals surface area contributed by atoms with Crippen LogP contribution in [0.4, 0.5) is 0 Å². The number of likely N-dealkylation sites (tertiary alicyclic amines) is 1. The van der Waals surface area contributed by atoms with Crippen molar-refractivity contribution in [1.82, 2.24) is 4.90 Å². The lowest BCUT2D eigenvalue weighted by atomic mass is 9.90. The van der Waals surface area contributed by atoms with E-state index in [2.05, 4.69) is 30.0 Å². The zero-order valence-electron chi connectivity index (χ0n) is 13.7. The molecule has 1 saturated heterocycles. The van der Waals surface area contributed by atoms with Crippen LogP contribution in [0, 0.1) is 11.8 Å². The number of hydrogen-bond acceptors (Lipinski definition) is 3. The predicted octanol–water partition coefficient (Wildman–Crippen LogP) is 3.39. The van der Waals surface area contributed by atoms with E-state index in [9.17, 15) is 9.90 Å². The fraction of sp³-hybridized carbons (Fsp3) is 0.421. The third-order valence-corrected chi connectivity index (χ3v) is 4.67. The molecule has 1 N–H and O–H groups in total. The first-order chi connectivity index (χ1) is 11.1. The van der Waals surface area contributed by atoms with E-state index < -0.39 is 5.97 Å². The molecule has 2 aromatic rings. The lowest BCUT2D eigenvalue weighted by molar-refractivity contribution is -0.144. The molecule has 3 rings (SSSR count). The number of rotatable bonds is 4. The van der Waals surface area contributed by atoms with Crippen LogP contribution in [0.3, 0.4) is 0 Å². The second kappa shape index (κ2) is 6.59. The molecule has 1 aliphatic heterocycles. The van der Waals surface area contributed by atoms with E-state index in [1.54, 1.807) is 7.11 Å². The number of carboxylic acids is 1. The highest BCUT2D eigenvalue weighted by atomic mass is 16.5. The van der Waals surface area contributed by atoms with Crippen molar-refractivity contribution in [3.63, 3.8) is 0 Å². The first-order valence-corrected chi connectivity index (χ1v) is 8.08. The van der Waals surface area contributed by atoms with Gasteiger partial charge in [-0.15, -0.1) is 0 Å². The lowest BCUT2D eigenvalue weighted by Crippen LogP contribution is -2.41. The Hall–Kier alpha value is -2.07. The molecule has 2 aromatic carbocycles. The summed E-state index contributed by atoms with van der Waals surface area (Å²) in [6.07, 6.45) is 0.773. The van der Waals surface area contributed by atoms with Crippen LogP contribution in [0.2, 0.25) is 0 Å². The van der Waals surface area contributed by atoms with E-state index in [1.165, 1.54) is 10.9 Å². The maximum Gasteiger partial charge on any atom is 0.307 e. The van der Waals surface area contributed by atoms with Gasteiger partial charge in [0.15, 0.2) is 0 Å². The van der Waals surface area contributed by atoms with Gasteiger partial charge in [0.25, 0.3) is 0 Å². The van der Waals surface area contributed by atoms with Crippen LogP contribution in [0.15, 0.2) is 36.4 Å². The smallest absolute Gasteiger partial charge is 0.307 e. The van der Waals surface area contributed by atoms with Gasteiger partial charge in [-0.1, -0.05) is 37.3 Å². The lowest BCUT2D eigenvalue weighted by Gasteiger charge is -2.34. The van der Waals surface area contributed by atoms with Crippen molar-refractivity contribution in [2.45, 2.75) is 19.9 Å². The minimum atomic E-state index is -0.680. The first-order valence-electron chi connectivity index (χ1n) is 8.08. The van der Waals surface area contributed by atoms with Crippen molar-refractivity contribution in [1.29, 1.82) is 0 Å². The Morgan fingerprint density at radius 2 is 1.96 bits per heavy atom. The Morgan fingerprint density at radius 3 is 2.65 bits per heavy atom. The number of carboxylic acid groups (broad SMARTS) is 1. The summed E-state index contributed by atoms with van der Waals surface area (Å²) in [6, 6.07) is 12.3.